The molecule has 0 saturated carbocycles. The molecule has 0 radical (unpaired) electrons. The first-order valence-corrected chi connectivity index (χ1v) is 8.16. The first-order valence-electron chi connectivity index (χ1n) is 6.56. The zero-order valence-electron chi connectivity index (χ0n) is 11.8. The number of hydrogen-bond acceptors (Lipinski definition) is 1. The summed E-state index contributed by atoms with van der Waals surface area (Å²) in [7, 11) is 0. The third-order valence-corrected chi connectivity index (χ3v) is 4.82. The second-order valence-electron chi connectivity index (χ2n) is 4.85. The molecule has 2 nitrogen and oxygen atoms in total. The quantitative estimate of drug-likeness (QED) is 0.631. The second-order valence-corrected chi connectivity index (χ2v) is 6.70. The number of hydrogen-bond donors (Lipinski definition) is 0. The van der Waals surface area contributed by atoms with Gasteiger partial charge in [0.05, 0.1) is 17.6 Å². The first kappa shape index (κ1) is 15.9. The predicted molar refractivity (Wildman–Crippen MR) is 88.8 cm³/mol. The molecule has 0 N–H and O–H groups in total. The van der Waals surface area contributed by atoms with Gasteiger partial charge in [0, 0.05) is 20.8 Å². The molecule has 2 rings (SSSR count). The van der Waals surface area contributed by atoms with E-state index in [1.165, 1.54) is 0 Å². The van der Waals surface area contributed by atoms with Crippen molar-refractivity contribution in [2.24, 2.45) is 0 Å². The summed E-state index contributed by atoms with van der Waals surface area (Å²) in [6.45, 7) is 6.81. The highest BCUT2D eigenvalue weighted by molar-refractivity contribution is 9.10. The van der Waals surface area contributed by atoms with Gasteiger partial charge in [0.15, 0.2) is 0 Å². The Morgan fingerprint density at radius 1 is 1.35 bits per heavy atom. The van der Waals surface area contributed by atoms with Crippen LogP contribution in [0.2, 0.25) is 5.02 Å². The summed E-state index contributed by atoms with van der Waals surface area (Å²) in [6, 6.07) is 5.91. The molecule has 0 spiro atoms. The average Bonchev–Trinajstić information content (AvgIpc) is 2.67. The van der Waals surface area contributed by atoms with E-state index in [1.807, 2.05) is 29.8 Å². The van der Waals surface area contributed by atoms with Crippen LogP contribution in [-0.4, -0.2) is 9.78 Å². The van der Waals surface area contributed by atoms with Gasteiger partial charge in [-0.1, -0.05) is 40.5 Å². The number of aromatic nitrogens is 2. The highest BCUT2D eigenvalue weighted by Gasteiger charge is 2.18. The van der Waals surface area contributed by atoms with Gasteiger partial charge in [-0.05, 0) is 38.0 Å². The molecule has 1 atom stereocenters. The van der Waals surface area contributed by atoms with Crippen molar-refractivity contribution in [1.29, 1.82) is 0 Å². The molecule has 0 fully saturated rings. The fraction of sp³-hybridized carbons (Fsp3) is 0.400. The summed E-state index contributed by atoms with van der Waals surface area (Å²) in [5.41, 5.74) is 4.30. The molecule has 1 aromatic carbocycles. The van der Waals surface area contributed by atoms with Crippen molar-refractivity contribution < 1.29 is 0 Å². The number of nitrogens with zero attached hydrogens (tertiary/aromatic N) is 2. The molecule has 0 bridgehead atoms. The lowest BCUT2D eigenvalue weighted by Crippen LogP contribution is -2.05. The average molecular weight is 376 g/mol. The van der Waals surface area contributed by atoms with Crippen LogP contribution in [0.25, 0.3) is 0 Å². The number of benzene rings is 1. The molecule has 0 amide bonds. The Morgan fingerprint density at radius 3 is 2.65 bits per heavy atom. The fourth-order valence-electron chi connectivity index (χ4n) is 2.33. The molecular weight excluding hydrogens is 359 g/mol. The third-order valence-electron chi connectivity index (χ3n) is 3.44. The Labute approximate surface area is 138 Å². The summed E-state index contributed by atoms with van der Waals surface area (Å²) >= 11 is 16.1. The van der Waals surface area contributed by atoms with Crippen molar-refractivity contribution in [3.63, 3.8) is 0 Å². The minimum absolute atomic E-state index is 0.0177. The Balaban J connectivity index is 2.35. The lowest BCUT2D eigenvalue weighted by atomic mass is 10.1. The van der Waals surface area contributed by atoms with Crippen molar-refractivity contribution in [3.8, 4) is 0 Å². The van der Waals surface area contributed by atoms with Crippen molar-refractivity contribution >= 4 is 39.1 Å². The van der Waals surface area contributed by atoms with E-state index >= 15 is 0 Å². The van der Waals surface area contributed by atoms with Crippen LogP contribution < -0.4 is 0 Å². The molecule has 20 heavy (non-hydrogen) atoms. The van der Waals surface area contributed by atoms with E-state index in [1.54, 1.807) is 0 Å². The summed E-state index contributed by atoms with van der Waals surface area (Å²) < 4.78 is 2.96. The molecule has 1 unspecified atom stereocenters. The third kappa shape index (κ3) is 3.21. The molecule has 0 saturated heterocycles. The second kappa shape index (κ2) is 6.50. The van der Waals surface area contributed by atoms with Crippen LogP contribution >= 0.6 is 39.1 Å². The van der Waals surface area contributed by atoms with Gasteiger partial charge in [-0.3, -0.25) is 4.68 Å². The summed E-state index contributed by atoms with van der Waals surface area (Å²) in [4.78, 5) is 0. The number of rotatable bonds is 4. The zero-order valence-corrected chi connectivity index (χ0v) is 14.8. The van der Waals surface area contributed by atoms with Gasteiger partial charge in [-0.25, -0.2) is 0 Å². The number of alkyl halides is 1. The van der Waals surface area contributed by atoms with E-state index in [4.69, 9.17) is 23.2 Å². The lowest BCUT2D eigenvalue weighted by Gasteiger charge is -2.09. The maximum Gasteiger partial charge on any atom is 0.0677 e. The maximum atomic E-state index is 6.38. The van der Waals surface area contributed by atoms with Crippen LogP contribution in [0.3, 0.4) is 0 Å². The highest BCUT2D eigenvalue weighted by atomic mass is 79.9. The summed E-state index contributed by atoms with van der Waals surface area (Å²) in [6.07, 6.45) is 0.897. The smallest absolute Gasteiger partial charge is 0.0677 e. The highest BCUT2D eigenvalue weighted by Crippen LogP contribution is 2.30. The van der Waals surface area contributed by atoms with Crippen molar-refractivity contribution in [2.45, 2.75) is 39.1 Å². The molecule has 1 aromatic heterocycles. The lowest BCUT2D eigenvalue weighted by molar-refractivity contribution is 0.657. The SMILES string of the molecule is CCC(Cl)c1c(C)nn(Cc2ccc(Br)cc2Cl)c1C. The maximum absolute atomic E-state index is 6.38. The van der Waals surface area contributed by atoms with Crippen LogP contribution in [0.15, 0.2) is 22.7 Å². The Hall–Kier alpha value is -0.510. The van der Waals surface area contributed by atoms with Gasteiger partial charge < -0.3 is 0 Å². The monoisotopic (exact) mass is 374 g/mol. The van der Waals surface area contributed by atoms with Crippen LogP contribution in [0.4, 0.5) is 0 Å². The normalized spacial score (nSPS) is 12.7. The summed E-state index contributed by atoms with van der Waals surface area (Å²) in [5, 5.41) is 5.36. The van der Waals surface area contributed by atoms with E-state index < -0.39 is 0 Å². The van der Waals surface area contributed by atoms with Crippen LogP contribution in [0.5, 0.6) is 0 Å². The van der Waals surface area contributed by atoms with E-state index in [9.17, 15) is 0 Å². The Morgan fingerprint density at radius 2 is 2.05 bits per heavy atom. The molecule has 5 heteroatoms. The van der Waals surface area contributed by atoms with Gasteiger partial charge in [0.25, 0.3) is 0 Å². The van der Waals surface area contributed by atoms with Crippen LogP contribution in [-0.2, 0) is 6.54 Å². The number of aryl methyl sites for hydroxylation is 1. The number of halogens is 3. The molecule has 108 valence electrons. The molecule has 2 aromatic rings. The van der Waals surface area contributed by atoms with Crippen LogP contribution in [0, 0.1) is 13.8 Å². The van der Waals surface area contributed by atoms with Gasteiger partial charge in [0.1, 0.15) is 0 Å². The van der Waals surface area contributed by atoms with E-state index in [0.717, 1.165) is 38.4 Å². The van der Waals surface area contributed by atoms with E-state index in [2.05, 4.69) is 34.9 Å². The largest absolute Gasteiger partial charge is 0.265 e. The van der Waals surface area contributed by atoms with Crippen molar-refractivity contribution in [2.75, 3.05) is 0 Å². The Bertz CT molecular complexity index is 623. The van der Waals surface area contributed by atoms with E-state index in [0.29, 0.717) is 6.54 Å². The predicted octanol–water partition coefficient (Wildman–Crippen LogP) is 5.65. The summed E-state index contributed by atoms with van der Waals surface area (Å²) in [5.74, 6) is 0. The van der Waals surface area contributed by atoms with E-state index in [-0.39, 0.29) is 5.38 Å². The van der Waals surface area contributed by atoms with Crippen LogP contribution in [0.1, 0.15) is 41.2 Å². The minimum Gasteiger partial charge on any atom is -0.265 e. The topological polar surface area (TPSA) is 17.8 Å². The molecule has 0 aliphatic heterocycles. The van der Waals surface area contributed by atoms with Gasteiger partial charge in [-0.2, -0.15) is 5.10 Å². The molecular formula is C15H17BrCl2N2. The van der Waals surface area contributed by atoms with Crippen molar-refractivity contribution in [1.82, 2.24) is 9.78 Å². The first-order chi connectivity index (χ1) is 9.43. The van der Waals surface area contributed by atoms with Gasteiger partial charge >= 0.3 is 0 Å². The minimum atomic E-state index is 0.0177. The molecule has 0 aliphatic carbocycles. The molecule has 1 heterocycles. The van der Waals surface area contributed by atoms with Crippen molar-refractivity contribution in [3.05, 3.63) is 50.2 Å². The fourth-order valence-corrected chi connectivity index (χ4v) is 3.38. The van der Waals surface area contributed by atoms with Gasteiger partial charge in [0.2, 0.25) is 0 Å². The van der Waals surface area contributed by atoms with Gasteiger partial charge in [-0.15, -0.1) is 11.6 Å². The zero-order chi connectivity index (χ0) is 14.9. The standard InChI is InChI=1S/C15H17BrCl2N2/c1-4-13(17)15-9(2)19-20(10(15)3)8-11-5-6-12(16)7-14(11)18/h5-7,13H,4,8H2,1-3H3. The molecule has 0 aliphatic rings. The Kier molecular flexibility index (Phi) is 5.16.